The minimum absolute atomic E-state index is 0.268. The van der Waals surface area contributed by atoms with Crippen molar-refractivity contribution in [2.75, 3.05) is 23.1 Å². The maximum absolute atomic E-state index is 9.00. The Morgan fingerprint density at radius 2 is 1.56 bits per heavy atom. The molecule has 0 spiro atoms. The molecular weight excluding hydrogens is 665 g/mol. The van der Waals surface area contributed by atoms with E-state index in [1.165, 1.54) is 0 Å². The van der Waals surface area contributed by atoms with Crippen LogP contribution in [0.1, 0.15) is 25.0 Å². The third kappa shape index (κ3) is 13.8. The van der Waals surface area contributed by atoms with E-state index in [4.69, 9.17) is 47.7 Å². The Bertz CT molecular complexity index is 1530. The zero-order valence-corrected chi connectivity index (χ0v) is 26.3. The molecule has 3 aromatic carbocycles. The molecule has 226 valence electrons. The van der Waals surface area contributed by atoms with Gasteiger partial charge in [-0.3, -0.25) is 9.59 Å². The maximum atomic E-state index is 9.00. The van der Waals surface area contributed by atoms with Gasteiger partial charge in [-0.2, -0.15) is 20.1 Å². The lowest BCUT2D eigenvalue weighted by Crippen LogP contribution is -2.07. The average Bonchev–Trinajstić information content (AvgIpc) is 2.93. The smallest absolute Gasteiger partial charge is 0.300 e. The second kappa shape index (κ2) is 18.2. The largest absolute Gasteiger partial charge is 0.488 e. The summed E-state index contributed by atoms with van der Waals surface area (Å²) in [6.07, 6.45) is 1.62. The molecule has 1 heterocycles. The van der Waals surface area contributed by atoms with Crippen LogP contribution in [0.4, 0.5) is 23.5 Å². The van der Waals surface area contributed by atoms with Crippen LogP contribution in [-0.4, -0.2) is 50.4 Å². The molecule has 12 nitrogen and oxygen atoms in total. The number of para-hydroxylation sites is 1. The fraction of sp³-hybridized carbons (Fsp3) is 0.143. The van der Waals surface area contributed by atoms with Crippen LogP contribution in [0.15, 0.2) is 76.3 Å². The summed E-state index contributed by atoms with van der Waals surface area (Å²) in [4.78, 5) is 31.0. The first-order chi connectivity index (χ1) is 20.5. The van der Waals surface area contributed by atoms with E-state index in [-0.39, 0.29) is 12.6 Å². The Kier molecular flexibility index (Phi) is 14.7. The molecule has 0 unspecified atom stereocenters. The van der Waals surface area contributed by atoms with Crippen molar-refractivity contribution in [1.29, 1.82) is 0 Å². The predicted octanol–water partition coefficient (Wildman–Crippen LogP) is 6.93. The standard InChI is InChI=1S/C24H20BrCl2N7O.2C2H4O2/c1-28-22-31-23(30-19-5-3-2-4-6-19)33-24(32-22)34-29-13-16-11-17(25)8-10-21(16)35-14-15-7-9-18(26)12-20(15)27;2*1-2(3)4/h2-13H,14H2,1H3,(H3,28,30,31,32,33,34);2*1H3,(H,3,4)/b29-13+;;. The number of rotatable bonds is 9. The fourth-order valence-electron chi connectivity index (χ4n) is 2.95. The third-order valence-electron chi connectivity index (χ3n) is 4.63. The Labute approximate surface area is 266 Å². The topological polar surface area (TPSA) is 171 Å². The van der Waals surface area contributed by atoms with Crippen molar-refractivity contribution in [2.45, 2.75) is 20.5 Å². The van der Waals surface area contributed by atoms with E-state index >= 15 is 0 Å². The number of anilines is 4. The van der Waals surface area contributed by atoms with E-state index in [1.807, 2.05) is 54.6 Å². The quantitative estimate of drug-likeness (QED) is 0.0910. The SMILES string of the molecule is CC(=O)O.CC(=O)O.CNc1nc(N/N=C/c2cc(Br)ccc2OCc2ccc(Cl)cc2Cl)nc(Nc2ccccc2)n1. The number of carboxylic acid groups (broad SMARTS) is 2. The van der Waals surface area contributed by atoms with Crippen LogP contribution in [0, 0.1) is 0 Å². The van der Waals surface area contributed by atoms with Gasteiger partial charge < -0.3 is 25.6 Å². The summed E-state index contributed by atoms with van der Waals surface area (Å²) in [5.74, 6) is -0.00535. The summed E-state index contributed by atoms with van der Waals surface area (Å²) in [5.41, 5.74) is 5.26. The van der Waals surface area contributed by atoms with Gasteiger partial charge in [-0.05, 0) is 42.5 Å². The minimum atomic E-state index is -0.833. The number of carboxylic acids is 2. The van der Waals surface area contributed by atoms with Crippen LogP contribution >= 0.6 is 39.1 Å². The minimum Gasteiger partial charge on any atom is -0.488 e. The molecule has 0 saturated carbocycles. The molecule has 0 aliphatic carbocycles. The highest BCUT2D eigenvalue weighted by atomic mass is 79.9. The van der Waals surface area contributed by atoms with E-state index in [0.29, 0.717) is 27.7 Å². The van der Waals surface area contributed by atoms with Crippen molar-refractivity contribution in [3.8, 4) is 5.75 Å². The number of hydrazone groups is 1. The first kappa shape index (κ1) is 34.7. The lowest BCUT2D eigenvalue weighted by atomic mass is 10.2. The van der Waals surface area contributed by atoms with Crippen LogP contribution in [0.25, 0.3) is 0 Å². The van der Waals surface area contributed by atoms with Crippen LogP contribution in [0.5, 0.6) is 5.75 Å². The van der Waals surface area contributed by atoms with Gasteiger partial charge >= 0.3 is 0 Å². The number of benzene rings is 3. The van der Waals surface area contributed by atoms with Gasteiger partial charge in [0.25, 0.3) is 11.9 Å². The van der Waals surface area contributed by atoms with Gasteiger partial charge in [0.05, 0.1) is 6.21 Å². The summed E-state index contributed by atoms with van der Waals surface area (Å²) < 4.78 is 6.87. The fourth-order valence-corrected chi connectivity index (χ4v) is 3.79. The van der Waals surface area contributed by atoms with E-state index in [0.717, 1.165) is 35.1 Å². The molecule has 1 aromatic heterocycles. The van der Waals surface area contributed by atoms with Gasteiger partial charge in [0.2, 0.25) is 17.8 Å². The Morgan fingerprint density at radius 1 is 0.930 bits per heavy atom. The summed E-state index contributed by atoms with van der Waals surface area (Å²) in [5, 5.41) is 26.3. The van der Waals surface area contributed by atoms with Crippen LogP contribution in [0.2, 0.25) is 10.0 Å². The molecule has 4 rings (SSSR count). The molecule has 0 amide bonds. The lowest BCUT2D eigenvalue weighted by molar-refractivity contribution is -0.135. The summed E-state index contributed by atoms with van der Waals surface area (Å²) in [6.45, 7) is 2.44. The molecule has 0 atom stereocenters. The molecular formula is C28H28BrCl2N7O5. The molecule has 4 aromatic rings. The number of ether oxygens (including phenoxy) is 1. The summed E-state index contributed by atoms with van der Waals surface area (Å²) >= 11 is 15.7. The third-order valence-corrected chi connectivity index (χ3v) is 5.71. The second-order valence-corrected chi connectivity index (χ2v) is 9.92. The van der Waals surface area contributed by atoms with Gasteiger partial charge in [0.1, 0.15) is 12.4 Å². The van der Waals surface area contributed by atoms with Crippen molar-refractivity contribution in [3.05, 3.63) is 92.4 Å². The lowest BCUT2D eigenvalue weighted by Gasteiger charge is -2.11. The number of nitrogens with one attached hydrogen (secondary N) is 3. The van der Waals surface area contributed by atoms with Gasteiger partial charge in [0.15, 0.2) is 0 Å². The van der Waals surface area contributed by atoms with E-state index in [9.17, 15) is 0 Å². The Morgan fingerprint density at radius 3 is 2.19 bits per heavy atom. The number of hydrogen-bond acceptors (Lipinski definition) is 10. The first-order valence-corrected chi connectivity index (χ1v) is 13.8. The second-order valence-electron chi connectivity index (χ2n) is 8.16. The maximum Gasteiger partial charge on any atom is 0.300 e. The van der Waals surface area contributed by atoms with Crippen molar-refractivity contribution in [3.63, 3.8) is 0 Å². The summed E-state index contributed by atoms with van der Waals surface area (Å²) in [7, 11) is 1.73. The van der Waals surface area contributed by atoms with Crippen molar-refractivity contribution < 1.29 is 24.5 Å². The molecule has 5 N–H and O–H groups in total. The number of halogens is 3. The zero-order valence-electron chi connectivity index (χ0n) is 23.2. The average molecular weight is 693 g/mol. The first-order valence-electron chi connectivity index (χ1n) is 12.3. The van der Waals surface area contributed by atoms with Gasteiger partial charge in [-0.25, -0.2) is 5.43 Å². The Balaban J connectivity index is 0.000000719. The van der Waals surface area contributed by atoms with Crippen LogP contribution < -0.4 is 20.8 Å². The van der Waals surface area contributed by atoms with Crippen LogP contribution in [0.3, 0.4) is 0 Å². The molecule has 15 heteroatoms. The van der Waals surface area contributed by atoms with Crippen molar-refractivity contribution >= 4 is 80.8 Å². The van der Waals surface area contributed by atoms with Gasteiger partial charge in [-0.15, -0.1) is 0 Å². The molecule has 0 fully saturated rings. The number of aliphatic carboxylic acids is 2. The van der Waals surface area contributed by atoms with E-state index in [1.54, 1.807) is 25.4 Å². The molecule has 0 aliphatic heterocycles. The normalized spacial score (nSPS) is 10.0. The summed E-state index contributed by atoms with van der Waals surface area (Å²) in [6, 6.07) is 20.5. The zero-order chi connectivity index (χ0) is 31.8. The van der Waals surface area contributed by atoms with Crippen LogP contribution in [-0.2, 0) is 16.2 Å². The molecule has 0 saturated heterocycles. The van der Waals surface area contributed by atoms with Gasteiger partial charge in [-0.1, -0.05) is 63.4 Å². The van der Waals surface area contributed by atoms with Crippen molar-refractivity contribution in [1.82, 2.24) is 15.0 Å². The predicted molar refractivity (Wildman–Crippen MR) is 172 cm³/mol. The highest BCUT2D eigenvalue weighted by Crippen LogP contribution is 2.26. The highest BCUT2D eigenvalue weighted by Gasteiger charge is 2.08. The molecule has 43 heavy (non-hydrogen) atoms. The number of nitrogens with zero attached hydrogens (tertiary/aromatic N) is 4. The van der Waals surface area contributed by atoms with E-state index in [2.05, 4.69) is 52.0 Å². The monoisotopic (exact) mass is 691 g/mol. The highest BCUT2D eigenvalue weighted by molar-refractivity contribution is 9.10. The molecule has 0 bridgehead atoms. The number of aromatic nitrogens is 3. The number of hydrogen-bond donors (Lipinski definition) is 5. The molecule has 0 radical (unpaired) electrons. The number of carbonyl (C=O) groups is 2. The molecule has 0 aliphatic rings. The van der Waals surface area contributed by atoms with E-state index < -0.39 is 11.9 Å². The van der Waals surface area contributed by atoms with Crippen molar-refractivity contribution in [2.24, 2.45) is 5.10 Å². The Hall–Kier alpha value is -4.46. The van der Waals surface area contributed by atoms with Gasteiger partial charge in [0, 0.05) is 52.2 Å².